The van der Waals surface area contributed by atoms with Crippen molar-refractivity contribution in [3.05, 3.63) is 11.8 Å². The number of allylic oxidation sites excluding steroid dienone is 1. The van der Waals surface area contributed by atoms with Crippen LogP contribution in [0.2, 0.25) is 0 Å². The van der Waals surface area contributed by atoms with Gasteiger partial charge < -0.3 is 16.6 Å². The van der Waals surface area contributed by atoms with Crippen molar-refractivity contribution in [2.24, 2.45) is 17.4 Å². The van der Waals surface area contributed by atoms with Gasteiger partial charge in [0.05, 0.1) is 0 Å². The maximum absolute atomic E-state index is 10.5. The Morgan fingerprint density at radius 1 is 1.46 bits per heavy atom. The summed E-state index contributed by atoms with van der Waals surface area (Å²) in [6.45, 7) is 1.53. The number of rotatable bonds is 2. The fraction of sp³-hybridized carbons (Fsp3) is 0.250. The van der Waals surface area contributed by atoms with E-state index in [1.54, 1.807) is 0 Å². The fourth-order valence-corrected chi connectivity index (χ4v) is 0.586. The number of carboxylic acid groups (broad SMARTS) is 1. The molecule has 0 fully saturated rings. The highest BCUT2D eigenvalue weighted by Crippen LogP contribution is 1.98. The van der Waals surface area contributed by atoms with Crippen molar-refractivity contribution < 1.29 is 14.7 Å². The van der Waals surface area contributed by atoms with Crippen molar-refractivity contribution in [1.29, 1.82) is 0 Å². The molecule has 5 nitrogen and oxygen atoms in total. The topological polar surface area (TPSA) is 106 Å². The molecule has 0 saturated heterocycles. The highest BCUT2D eigenvalue weighted by Gasteiger charge is 2.10. The van der Waals surface area contributed by atoms with Crippen LogP contribution in [0.1, 0.15) is 6.92 Å². The highest BCUT2D eigenvalue weighted by atomic mass is 16.4. The van der Waals surface area contributed by atoms with Crippen molar-refractivity contribution in [2.75, 3.05) is 0 Å². The Balaban J connectivity index is 4.67. The standard InChI is InChI=1S/C8H10N2O3/c1-5(9)4-6(8(12)13)2-3-7(10)11/h4,6H,9H2,1H3,(H2,10,11)(H,12,13)/b5-4-. The first kappa shape index (κ1) is 11.0. The van der Waals surface area contributed by atoms with Crippen LogP contribution >= 0.6 is 0 Å². The van der Waals surface area contributed by atoms with E-state index < -0.39 is 17.8 Å². The Bertz CT molecular complexity index is 305. The van der Waals surface area contributed by atoms with Crippen LogP contribution < -0.4 is 11.5 Å². The van der Waals surface area contributed by atoms with Crippen molar-refractivity contribution in [3.8, 4) is 11.8 Å². The molecule has 1 unspecified atom stereocenters. The van der Waals surface area contributed by atoms with Crippen LogP contribution in [0.3, 0.4) is 0 Å². The van der Waals surface area contributed by atoms with Crippen molar-refractivity contribution in [1.82, 2.24) is 0 Å². The van der Waals surface area contributed by atoms with Gasteiger partial charge in [0.1, 0.15) is 5.92 Å². The third-order valence-electron chi connectivity index (χ3n) is 1.05. The van der Waals surface area contributed by atoms with E-state index in [1.807, 2.05) is 5.92 Å². The molecule has 0 aromatic heterocycles. The quantitative estimate of drug-likeness (QED) is 0.478. The van der Waals surface area contributed by atoms with E-state index in [2.05, 4.69) is 5.92 Å². The lowest BCUT2D eigenvalue weighted by Crippen LogP contribution is -2.13. The number of amides is 1. The van der Waals surface area contributed by atoms with E-state index >= 15 is 0 Å². The summed E-state index contributed by atoms with van der Waals surface area (Å²) in [5.41, 5.74) is 10.3. The van der Waals surface area contributed by atoms with E-state index in [-0.39, 0.29) is 0 Å². The summed E-state index contributed by atoms with van der Waals surface area (Å²) in [5, 5.41) is 8.58. The lowest BCUT2D eigenvalue weighted by atomic mass is 10.1. The molecule has 0 bridgehead atoms. The maximum atomic E-state index is 10.5. The monoisotopic (exact) mass is 182 g/mol. The van der Waals surface area contributed by atoms with E-state index in [9.17, 15) is 9.59 Å². The minimum atomic E-state index is -1.17. The van der Waals surface area contributed by atoms with Gasteiger partial charge in [0.15, 0.2) is 0 Å². The van der Waals surface area contributed by atoms with Crippen molar-refractivity contribution in [3.63, 3.8) is 0 Å². The maximum Gasteiger partial charge on any atom is 0.322 e. The molecule has 0 rings (SSSR count). The van der Waals surface area contributed by atoms with Crippen LogP contribution in [-0.2, 0) is 9.59 Å². The second-order valence-corrected chi connectivity index (χ2v) is 2.36. The van der Waals surface area contributed by atoms with Gasteiger partial charge in [0.25, 0.3) is 5.91 Å². The Labute approximate surface area is 75.4 Å². The zero-order valence-corrected chi connectivity index (χ0v) is 7.07. The molecular formula is C8H10N2O3. The molecule has 5 heteroatoms. The molecule has 1 amide bonds. The van der Waals surface area contributed by atoms with Crippen molar-refractivity contribution >= 4 is 11.9 Å². The number of primary amides is 1. The minimum Gasteiger partial charge on any atom is -0.480 e. The van der Waals surface area contributed by atoms with Crippen LogP contribution in [0.5, 0.6) is 0 Å². The highest BCUT2D eigenvalue weighted by molar-refractivity contribution is 5.93. The number of carbonyl (C=O) groups is 2. The van der Waals surface area contributed by atoms with Crippen LogP contribution in [0, 0.1) is 17.8 Å². The zero-order valence-electron chi connectivity index (χ0n) is 7.07. The molecule has 0 saturated carbocycles. The second-order valence-electron chi connectivity index (χ2n) is 2.36. The molecule has 0 heterocycles. The summed E-state index contributed by atoms with van der Waals surface area (Å²) in [5.74, 6) is 0.990. The molecule has 0 aliphatic carbocycles. The largest absolute Gasteiger partial charge is 0.480 e. The molecule has 0 radical (unpaired) electrons. The van der Waals surface area contributed by atoms with E-state index in [0.29, 0.717) is 5.70 Å². The third-order valence-corrected chi connectivity index (χ3v) is 1.05. The summed E-state index contributed by atoms with van der Waals surface area (Å²) in [6, 6.07) is 0. The van der Waals surface area contributed by atoms with Gasteiger partial charge in [-0.1, -0.05) is 5.92 Å². The van der Waals surface area contributed by atoms with Crippen molar-refractivity contribution in [2.45, 2.75) is 6.92 Å². The lowest BCUT2D eigenvalue weighted by Gasteiger charge is -1.97. The van der Waals surface area contributed by atoms with Gasteiger partial charge in [-0.3, -0.25) is 9.59 Å². The Hall–Kier alpha value is -1.96. The number of nitrogens with two attached hydrogens (primary N) is 2. The molecule has 0 aromatic carbocycles. The SMILES string of the molecule is C/C(N)=C/C(C#CC(N)=O)C(=O)O. The normalized spacial score (nSPS) is 12.5. The molecule has 0 aliphatic heterocycles. The smallest absolute Gasteiger partial charge is 0.322 e. The molecule has 70 valence electrons. The van der Waals surface area contributed by atoms with E-state index in [4.69, 9.17) is 16.6 Å². The Morgan fingerprint density at radius 3 is 2.31 bits per heavy atom. The van der Waals surface area contributed by atoms with Gasteiger partial charge in [-0.05, 0) is 18.9 Å². The van der Waals surface area contributed by atoms with Crippen LogP contribution in [0.4, 0.5) is 0 Å². The first-order chi connectivity index (χ1) is 5.93. The third kappa shape index (κ3) is 5.32. The average Bonchev–Trinajstić information content (AvgIpc) is 1.96. The molecule has 13 heavy (non-hydrogen) atoms. The number of hydrogen-bond acceptors (Lipinski definition) is 3. The summed E-state index contributed by atoms with van der Waals surface area (Å²) in [6.07, 6.45) is 1.23. The summed E-state index contributed by atoms with van der Waals surface area (Å²) >= 11 is 0. The first-order valence-electron chi connectivity index (χ1n) is 3.41. The van der Waals surface area contributed by atoms with Gasteiger partial charge in [-0.15, -0.1) is 0 Å². The summed E-state index contributed by atoms with van der Waals surface area (Å²) in [4.78, 5) is 20.7. The molecule has 1 atom stereocenters. The van der Waals surface area contributed by atoms with Gasteiger partial charge in [0.2, 0.25) is 0 Å². The first-order valence-corrected chi connectivity index (χ1v) is 3.41. The van der Waals surface area contributed by atoms with E-state index in [0.717, 1.165) is 0 Å². The Morgan fingerprint density at radius 2 is 2.00 bits per heavy atom. The second kappa shape index (κ2) is 4.83. The summed E-state index contributed by atoms with van der Waals surface area (Å²) in [7, 11) is 0. The summed E-state index contributed by atoms with van der Waals surface area (Å²) < 4.78 is 0. The fourth-order valence-electron chi connectivity index (χ4n) is 0.586. The van der Waals surface area contributed by atoms with Gasteiger partial charge >= 0.3 is 5.97 Å². The molecule has 0 spiro atoms. The molecule has 0 aromatic rings. The number of aliphatic carboxylic acids is 1. The predicted octanol–water partition coefficient (Wildman–Crippen LogP) is -0.962. The zero-order chi connectivity index (χ0) is 10.4. The molecule has 0 aliphatic rings. The van der Waals surface area contributed by atoms with Gasteiger partial charge in [-0.2, -0.15) is 0 Å². The Kier molecular flexibility index (Phi) is 4.10. The van der Waals surface area contributed by atoms with E-state index in [1.165, 1.54) is 13.0 Å². The van der Waals surface area contributed by atoms with Gasteiger partial charge in [0, 0.05) is 5.70 Å². The number of carboxylic acids is 1. The minimum absolute atomic E-state index is 0.325. The predicted molar refractivity (Wildman–Crippen MR) is 46.0 cm³/mol. The average molecular weight is 182 g/mol. The lowest BCUT2D eigenvalue weighted by molar-refractivity contribution is -0.138. The van der Waals surface area contributed by atoms with Crippen LogP contribution in [0.15, 0.2) is 11.8 Å². The van der Waals surface area contributed by atoms with Crippen LogP contribution in [-0.4, -0.2) is 17.0 Å². The van der Waals surface area contributed by atoms with Crippen LogP contribution in [0.25, 0.3) is 0 Å². The number of carbonyl (C=O) groups excluding carboxylic acids is 1. The molecule has 5 N–H and O–H groups in total. The van der Waals surface area contributed by atoms with Gasteiger partial charge in [-0.25, -0.2) is 0 Å². The number of hydrogen-bond donors (Lipinski definition) is 3. The molecular weight excluding hydrogens is 172 g/mol.